The molecule has 0 aromatic heterocycles. The molecule has 0 spiro atoms. The van der Waals surface area contributed by atoms with Crippen LogP contribution in [0.5, 0.6) is 0 Å². The molecule has 0 saturated carbocycles. The molecule has 0 aliphatic carbocycles. The van der Waals surface area contributed by atoms with Crippen LogP contribution in [0.3, 0.4) is 0 Å². The third kappa shape index (κ3) is 3.58. The van der Waals surface area contributed by atoms with Crippen molar-refractivity contribution >= 4 is 11.7 Å². The van der Waals surface area contributed by atoms with E-state index in [1.165, 1.54) is 5.56 Å². The fourth-order valence-corrected chi connectivity index (χ4v) is 1.90. The van der Waals surface area contributed by atoms with Gasteiger partial charge in [0.1, 0.15) is 0 Å². The molecule has 19 heavy (non-hydrogen) atoms. The predicted octanol–water partition coefficient (Wildman–Crippen LogP) is 3.60. The average Bonchev–Trinajstić information content (AvgIpc) is 2.46. The van der Waals surface area contributed by atoms with Crippen molar-refractivity contribution in [3.05, 3.63) is 65.7 Å². The molecular formula is C16H17NO2. The first-order chi connectivity index (χ1) is 9.16. The molecule has 98 valence electrons. The zero-order chi connectivity index (χ0) is 13.7. The number of aromatic carboxylic acids is 1. The summed E-state index contributed by atoms with van der Waals surface area (Å²) in [4.78, 5) is 10.7. The lowest BCUT2D eigenvalue weighted by Crippen LogP contribution is -2.09. The summed E-state index contributed by atoms with van der Waals surface area (Å²) in [6.45, 7) is 2.98. The van der Waals surface area contributed by atoms with Crippen LogP contribution in [-0.4, -0.2) is 17.6 Å². The average molecular weight is 255 g/mol. The van der Waals surface area contributed by atoms with Gasteiger partial charge in [-0.1, -0.05) is 37.3 Å². The van der Waals surface area contributed by atoms with Gasteiger partial charge in [-0.05, 0) is 35.7 Å². The van der Waals surface area contributed by atoms with Gasteiger partial charge in [0.25, 0.3) is 0 Å². The predicted molar refractivity (Wildman–Crippen MR) is 76.7 cm³/mol. The Morgan fingerprint density at radius 1 is 1.11 bits per heavy atom. The van der Waals surface area contributed by atoms with E-state index in [0.29, 0.717) is 11.5 Å². The van der Waals surface area contributed by atoms with E-state index in [9.17, 15) is 4.79 Å². The molecule has 3 nitrogen and oxygen atoms in total. The van der Waals surface area contributed by atoms with Crippen molar-refractivity contribution in [3.63, 3.8) is 0 Å². The zero-order valence-electron chi connectivity index (χ0n) is 10.8. The number of nitrogens with one attached hydrogen (secondary N) is 1. The SMILES string of the molecule is CC(CNc1ccc(C(=O)O)cc1)c1ccccc1. The lowest BCUT2D eigenvalue weighted by atomic mass is 10.0. The van der Waals surface area contributed by atoms with Crippen LogP contribution in [0.15, 0.2) is 54.6 Å². The Labute approximate surface area is 112 Å². The van der Waals surface area contributed by atoms with Gasteiger partial charge in [-0.15, -0.1) is 0 Å². The second-order valence-electron chi connectivity index (χ2n) is 4.58. The molecule has 2 rings (SSSR count). The summed E-state index contributed by atoms with van der Waals surface area (Å²) >= 11 is 0. The van der Waals surface area contributed by atoms with Crippen LogP contribution in [0.25, 0.3) is 0 Å². The second-order valence-corrected chi connectivity index (χ2v) is 4.58. The van der Waals surface area contributed by atoms with Crippen LogP contribution in [0.1, 0.15) is 28.8 Å². The largest absolute Gasteiger partial charge is 0.478 e. The van der Waals surface area contributed by atoms with Gasteiger partial charge in [-0.25, -0.2) is 4.79 Å². The van der Waals surface area contributed by atoms with Crippen molar-refractivity contribution in [2.75, 3.05) is 11.9 Å². The van der Waals surface area contributed by atoms with Crippen molar-refractivity contribution < 1.29 is 9.90 Å². The van der Waals surface area contributed by atoms with E-state index < -0.39 is 5.97 Å². The summed E-state index contributed by atoms with van der Waals surface area (Å²) in [7, 11) is 0. The highest BCUT2D eigenvalue weighted by Gasteiger charge is 2.05. The van der Waals surface area contributed by atoms with Gasteiger partial charge in [0.2, 0.25) is 0 Å². The Kier molecular flexibility index (Phi) is 4.18. The van der Waals surface area contributed by atoms with Gasteiger partial charge in [0.15, 0.2) is 0 Å². The number of carboxylic acid groups (broad SMARTS) is 1. The molecule has 0 heterocycles. The van der Waals surface area contributed by atoms with Gasteiger partial charge in [-0.3, -0.25) is 0 Å². The van der Waals surface area contributed by atoms with Crippen molar-refractivity contribution in [1.29, 1.82) is 0 Å². The van der Waals surface area contributed by atoms with E-state index in [1.54, 1.807) is 24.3 Å². The summed E-state index contributed by atoms with van der Waals surface area (Å²) in [6, 6.07) is 17.1. The van der Waals surface area contributed by atoms with Crippen molar-refractivity contribution in [3.8, 4) is 0 Å². The van der Waals surface area contributed by atoms with E-state index in [-0.39, 0.29) is 0 Å². The molecule has 0 aliphatic rings. The van der Waals surface area contributed by atoms with Crippen LogP contribution < -0.4 is 5.32 Å². The molecule has 2 N–H and O–H groups in total. The summed E-state index contributed by atoms with van der Waals surface area (Å²) in [5.74, 6) is -0.496. The Morgan fingerprint density at radius 2 is 1.74 bits per heavy atom. The number of carbonyl (C=O) groups is 1. The molecule has 0 fully saturated rings. The van der Waals surface area contributed by atoms with E-state index in [0.717, 1.165) is 12.2 Å². The van der Waals surface area contributed by atoms with Crippen LogP contribution in [0, 0.1) is 0 Å². The number of carboxylic acids is 1. The molecule has 0 bridgehead atoms. The number of hydrogen-bond donors (Lipinski definition) is 2. The highest BCUT2D eigenvalue weighted by Crippen LogP contribution is 2.16. The van der Waals surface area contributed by atoms with Gasteiger partial charge in [-0.2, -0.15) is 0 Å². The monoisotopic (exact) mass is 255 g/mol. The zero-order valence-corrected chi connectivity index (χ0v) is 10.8. The number of anilines is 1. The molecule has 2 aromatic carbocycles. The number of rotatable bonds is 5. The van der Waals surface area contributed by atoms with Crippen molar-refractivity contribution in [2.24, 2.45) is 0 Å². The maximum absolute atomic E-state index is 10.7. The van der Waals surface area contributed by atoms with Crippen LogP contribution in [0.2, 0.25) is 0 Å². The van der Waals surface area contributed by atoms with Crippen molar-refractivity contribution in [2.45, 2.75) is 12.8 Å². The highest BCUT2D eigenvalue weighted by molar-refractivity contribution is 5.87. The minimum Gasteiger partial charge on any atom is -0.478 e. The summed E-state index contributed by atoms with van der Waals surface area (Å²) < 4.78 is 0. The van der Waals surface area contributed by atoms with Gasteiger partial charge >= 0.3 is 5.97 Å². The Hall–Kier alpha value is -2.29. The maximum Gasteiger partial charge on any atom is 0.335 e. The minimum absolute atomic E-state index is 0.307. The number of benzene rings is 2. The van der Waals surface area contributed by atoms with Crippen LogP contribution in [-0.2, 0) is 0 Å². The van der Waals surface area contributed by atoms with E-state index in [1.807, 2.05) is 18.2 Å². The lowest BCUT2D eigenvalue weighted by Gasteiger charge is -2.14. The fourth-order valence-electron chi connectivity index (χ4n) is 1.90. The fraction of sp³-hybridized carbons (Fsp3) is 0.188. The molecule has 0 aliphatic heterocycles. The van der Waals surface area contributed by atoms with Crippen molar-refractivity contribution in [1.82, 2.24) is 0 Å². The third-order valence-corrected chi connectivity index (χ3v) is 3.11. The second kappa shape index (κ2) is 6.05. The lowest BCUT2D eigenvalue weighted by molar-refractivity contribution is 0.0697. The highest BCUT2D eigenvalue weighted by atomic mass is 16.4. The van der Waals surface area contributed by atoms with Gasteiger partial charge < -0.3 is 10.4 Å². The molecule has 0 saturated heterocycles. The Morgan fingerprint density at radius 3 is 2.32 bits per heavy atom. The maximum atomic E-state index is 10.7. The first-order valence-electron chi connectivity index (χ1n) is 6.29. The van der Waals surface area contributed by atoms with Gasteiger partial charge in [0, 0.05) is 12.2 Å². The molecule has 1 unspecified atom stereocenters. The molecule has 1 atom stereocenters. The molecule has 0 amide bonds. The molecule has 2 aromatic rings. The van der Waals surface area contributed by atoms with Crippen LogP contribution in [0.4, 0.5) is 5.69 Å². The normalized spacial score (nSPS) is 11.8. The first-order valence-corrected chi connectivity index (χ1v) is 6.29. The minimum atomic E-state index is -0.899. The van der Waals surface area contributed by atoms with E-state index >= 15 is 0 Å². The summed E-state index contributed by atoms with van der Waals surface area (Å²) in [5, 5.41) is 12.1. The Bertz CT molecular complexity index is 534. The first kappa shape index (κ1) is 13.1. The van der Waals surface area contributed by atoms with Gasteiger partial charge in [0.05, 0.1) is 5.56 Å². The van der Waals surface area contributed by atoms with E-state index in [2.05, 4.69) is 24.4 Å². The quantitative estimate of drug-likeness (QED) is 0.858. The third-order valence-electron chi connectivity index (χ3n) is 3.11. The molecular weight excluding hydrogens is 238 g/mol. The molecule has 3 heteroatoms. The summed E-state index contributed by atoms with van der Waals surface area (Å²) in [6.07, 6.45) is 0. The standard InChI is InChI=1S/C16H17NO2/c1-12(13-5-3-2-4-6-13)11-17-15-9-7-14(8-10-15)16(18)19/h2-10,12,17H,11H2,1H3,(H,18,19). The number of hydrogen-bond acceptors (Lipinski definition) is 2. The molecule has 0 radical (unpaired) electrons. The topological polar surface area (TPSA) is 49.3 Å². The Balaban J connectivity index is 1.93. The smallest absolute Gasteiger partial charge is 0.335 e. The summed E-state index contributed by atoms with van der Waals surface area (Å²) in [5.41, 5.74) is 2.53. The van der Waals surface area contributed by atoms with Crippen LogP contribution >= 0.6 is 0 Å². The van der Waals surface area contributed by atoms with E-state index in [4.69, 9.17) is 5.11 Å².